The first-order valence-corrected chi connectivity index (χ1v) is 6.90. The van der Waals surface area contributed by atoms with E-state index in [0.717, 1.165) is 11.1 Å². The van der Waals surface area contributed by atoms with Crippen LogP contribution in [0.3, 0.4) is 0 Å². The molecule has 0 unspecified atom stereocenters. The van der Waals surface area contributed by atoms with E-state index >= 15 is 0 Å². The van der Waals surface area contributed by atoms with Crippen LogP contribution >= 0.6 is 0 Å². The van der Waals surface area contributed by atoms with E-state index in [1.165, 1.54) is 4.57 Å². The summed E-state index contributed by atoms with van der Waals surface area (Å²) in [5.41, 5.74) is 2.20. The molecule has 0 atom stereocenters. The molecule has 0 saturated carbocycles. The molecule has 0 saturated heterocycles. The van der Waals surface area contributed by atoms with Gasteiger partial charge in [0, 0.05) is 13.5 Å². The molecular formula is C11H14N4O2S. The molecule has 0 amide bonds. The Kier molecular flexibility index (Phi) is 3.18. The van der Waals surface area contributed by atoms with Crippen molar-refractivity contribution in [2.45, 2.75) is 18.5 Å². The summed E-state index contributed by atoms with van der Waals surface area (Å²) in [6.45, 7) is 1.99. The Bertz CT molecular complexity index is 676. The molecule has 0 aliphatic heterocycles. The number of nitrogens with two attached hydrogens (primary N) is 1. The summed E-state index contributed by atoms with van der Waals surface area (Å²) in [6, 6.07) is 7.84. The molecule has 0 bridgehead atoms. The molecular weight excluding hydrogens is 252 g/mol. The quantitative estimate of drug-likeness (QED) is 0.868. The van der Waals surface area contributed by atoms with Gasteiger partial charge in [-0.2, -0.15) is 0 Å². The third kappa shape index (κ3) is 2.41. The molecule has 6 nitrogen and oxygen atoms in total. The van der Waals surface area contributed by atoms with Gasteiger partial charge in [-0.15, -0.1) is 10.2 Å². The molecule has 1 aromatic heterocycles. The van der Waals surface area contributed by atoms with Gasteiger partial charge in [0.05, 0.1) is 0 Å². The molecule has 2 N–H and O–H groups in total. The third-order valence-electron chi connectivity index (χ3n) is 2.79. The van der Waals surface area contributed by atoms with E-state index in [-0.39, 0.29) is 5.16 Å². The predicted molar refractivity (Wildman–Crippen MR) is 66.4 cm³/mol. The van der Waals surface area contributed by atoms with Crippen LogP contribution in [0.5, 0.6) is 0 Å². The molecule has 96 valence electrons. The average molecular weight is 266 g/mol. The van der Waals surface area contributed by atoms with Crippen molar-refractivity contribution in [1.29, 1.82) is 0 Å². The molecule has 2 rings (SSSR count). The predicted octanol–water partition coefficient (Wildman–Crippen LogP) is 0.362. The fraction of sp³-hybridized carbons (Fsp3) is 0.273. The molecule has 18 heavy (non-hydrogen) atoms. The number of nitrogens with zero attached hydrogens (tertiary/aromatic N) is 3. The first-order chi connectivity index (χ1) is 8.39. The molecule has 7 heteroatoms. The smallest absolute Gasteiger partial charge is 0.273 e. The van der Waals surface area contributed by atoms with Crippen molar-refractivity contribution >= 4 is 10.0 Å². The van der Waals surface area contributed by atoms with Gasteiger partial charge in [0.25, 0.3) is 15.2 Å². The minimum atomic E-state index is -3.83. The minimum Gasteiger partial charge on any atom is -0.304 e. The Balaban J connectivity index is 2.38. The van der Waals surface area contributed by atoms with Crippen LogP contribution in [-0.2, 0) is 23.5 Å². The van der Waals surface area contributed by atoms with Gasteiger partial charge in [0.2, 0.25) is 0 Å². The lowest BCUT2D eigenvalue weighted by Crippen LogP contribution is -2.17. The molecule has 0 aliphatic rings. The monoisotopic (exact) mass is 266 g/mol. The number of hydrogen-bond donors (Lipinski definition) is 1. The van der Waals surface area contributed by atoms with Crippen LogP contribution in [-0.4, -0.2) is 23.2 Å². The van der Waals surface area contributed by atoms with Crippen molar-refractivity contribution in [3.05, 3.63) is 41.2 Å². The maximum atomic E-state index is 11.2. The number of primary sulfonamides is 1. The zero-order chi connectivity index (χ0) is 13.3. The number of hydrogen-bond acceptors (Lipinski definition) is 4. The molecule has 1 heterocycles. The zero-order valence-electron chi connectivity index (χ0n) is 10.2. The number of benzene rings is 1. The lowest BCUT2D eigenvalue weighted by Gasteiger charge is -2.05. The van der Waals surface area contributed by atoms with Crippen LogP contribution in [0.25, 0.3) is 0 Å². The van der Waals surface area contributed by atoms with Crippen LogP contribution in [0.1, 0.15) is 17.0 Å². The second kappa shape index (κ2) is 4.51. The average Bonchev–Trinajstić information content (AvgIpc) is 2.63. The molecule has 0 spiro atoms. The summed E-state index contributed by atoms with van der Waals surface area (Å²) in [5.74, 6) is 0.563. The number of aryl methyl sites for hydroxylation is 1. The Morgan fingerprint density at radius 3 is 2.50 bits per heavy atom. The lowest BCUT2D eigenvalue weighted by atomic mass is 10.1. The Labute approximate surface area is 106 Å². The SMILES string of the molecule is Cc1ccccc1Cc1nnc(S(N)(=O)=O)n1C. The highest BCUT2D eigenvalue weighted by molar-refractivity contribution is 7.89. The van der Waals surface area contributed by atoms with Gasteiger partial charge >= 0.3 is 0 Å². The number of sulfonamides is 1. The van der Waals surface area contributed by atoms with Crippen molar-refractivity contribution < 1.29 is 8.42 Å². The number of rotatable bonds is 3. The maximum absolute atomic E-state index is 11.2. The summed E-state index contributed by atoms with van der Waals surface area (Å²) in [5, 5.41) is 12.3. The van der Waals surface area contributed by atoms with Gasteiger partial charge in [-0.1, -0.05) is 24.3 Å². The number of aromatic nitrogens is 3. The van der Waals surface area contributed by atoms with Gasteiger partial charge in [-0.3, -0.25) is 0 Å². The molecule has 1 aromatic carbocycles. The largest absolute Gasteiger partial charge is 0.304 e. The third-order valence-corrected chi connectivity index (χ3v) is 3.65. The van der Waals surface area contributed by atoms with Crippen LogP contribution in [0.2, 0.25) is 0 Å². The lowest BCUT2D eigenvalue weighted by molar-refractivity contribution is 0.578. The van der Waals surface area contributed by atoms with Crippen LogP contribution in [0, 0.1) is 6.92 Å². The minimum absolute atomic E-state index is 0.217. The van der Waals surface area contributed by atoms with Gasteiger partial charge in [0.1, 0.15) is 5.82 Å². The van der Waals surface area contributed by atoms with E-state index in [0.29, 0.717) is 12.2 Å². The highest BCUT2D eigenvalue weighted by Gasteiger charge is 2.18. The highest BCUT2D eigenvalue weighted by Crippen LogP contribution is 2.13. The van der Waals surface area contributed by atoms with Gasteiger partial charge in [-0.25, -0.2) is 13.6 Å². The van der Waals surface area contributed by atoms with E-state index in [2.05, 4.69) is 10.2 Å². The summed E-state index contributed by atoms with van der Waals surface area (Å²) < 4.78 is 23.9. The second-order valence-electron chi connectivity index (χ2n) is 4.11. The summed E-state index contributed by atoms with van der Waals surface area (Å²) >= 11 is 0. The first-order valence-electron chi connectivity index (χ1n) is 5.35. The molecule has 0 radical (unpaired) electrons. The van der Waals surface area contributed by atoms with Crippen molar-refractivity contribution in [2.75, 3.05) is 0 Å². The molecule has 0 fully saturated rings. The van der Waals surface area contributed by atoms with Gasteiger partial charge in [0.15, 0.2) is 0 Å². The standard InChI is InChI=1S/C11H14N4O2S/c1-8-5-3-4-6-9(8)7-10-13-14-11(15(10)2)18(12,16)17/h3-6H,7H2,1-2H3,(H2,12,16,17). The van der Waals surface area contributed by atoms with Crippen molar-refractivity contribution in [3.8, 4) is 0 Å². The topological polar surface area (TPSA) is 90.9 Å². The Hall–Kier alpha value is -1.73. The first kappa shape index (κ1) is 12.7. The fourth-order valence-electron chi connectivity index (χ4n) is 1.73. The normalized spacial score (nSPS) is 11.7. The maximum Gasteiger partial charge on any atom is 0.273 e. The van der Waals surface area contributed by atoms with Crippen molar-refractivity contribution in [1.82, 2.24) is 14.8 Å². The van der Waals surface area contributed by atoms with Crippen LogP contribution in [0.15, 0.2) is 29.4 Å². The van der Waals surface area contributed by atoms with E-state index in [9.17, 15) is 8.42 Å². The highest BCUT2D eigenvalue weighted by atomic mass is 32.2. The van der Waals surface area contributed by atoms with E-state index < -0.39 is 10.0 Å². The van der Waals surface area contributed by atoms with Crippen LogP contribution < -0.4 is 5.14 Å². The summed E-state index contributed by atoms with van der Waals surface area (Å²) in [4.78, 5) is 0. The Morgan fingerprint density at radius 1 is 1.28 bits per heavy atom. The second-order valence-corrected chi connectivity index (χ2v) is 5.56. The molecule has 2 aromatic rings. The van der Waals surface area contributed by atoms with E-state index in [4.69, 9.17) is 5.14 Å². The zero-order valence-corrected chi connectivity index (χ0v) is 11.0. The van der Waals surface area contributed by atoms with Gasteiger partial charge < -0.3 is 4.57 Å². The van der Waals surface area contributed by atoms with Crippen LogP contribution in [0.4, 0.5) is 0 Å². The van der Waals surface area contributed by atoms with E-state index in [1.54, 1.807) is 7.05 Å². The van der Waals surface area contributed by atoms with E-state index in [1.807, 2.05) is 31.2 Å². The summed E-state index contributed by atoms with van der Waals surface area (Å²) in [7, 11) is -2.24. The van der Waals surface area contributed by atoms with Gasteiger partial charge in [-0.05, 0) is 18.1 Å². The van der Waals surface area contributed by atoms with Crippen molar-refractivity contribution in [2.24, 2.45) is 12.2 Å². The summed E-state index contributed by atoms with van der Waals surface area (Å²) in [6.07, 6.45) is 0.520. The molecule has 0 aliphatic carbocycles. The Morgan fingerprint density at radius 2 is 1.94 bits per heavy atom. The van der Waals surface area contributed by atoms with Crippen molar-refractivity contribution in [3.63, 3.8) is 0 Å². The fourth-order valence-corrected chi connectivity index (χ4v) is 2.37.